The van der Waals surface area contributed by atoms with Crippen molar-refractivity contribution in [2.24, 2.45) is 22.7 Å². The zero-order chi connectivity index (χ0) is 14.6. The molecule has 0 aromatic carbocycles. The van der Waals surface area contributed by atoms with Crippen LogP contribution >= 0.6 is 0 Å². The van der Waals surface area contributed by atoms with Crippen LogP contribution in [0.4, 0.5) is 0 Å². The Kier molecular flexibility index (Phi) is 3.20. The monoisotopic (exact) mass is 279 g/mol. The molecular weight excluding hydrogens is 250 g/mol. The maximum atomic E-state index is 12.9. The van der Waals surface area contributed by atoms with Gasteiger partial charge in [-0.1, -0.05) is 6.92 Å². The van der Waals surface area contributed by atoms with Crippen LogP contribution in [0.5, 0.6) is 0 Å². The van der Waals surface area contributed by atoms with Gasteiger partial charge in [0.1, 0.15) is 0 Å². The molecule has 0 heterocycles. The van der Waals surface area contributed by atoms with Crippen molar-refractivity contribution in [2.45, 2.75) is 71.3 Å². The number of carbonyl (C=O) groups excluding carboxylic acids is 1. The first-order valence-electron chi connectivity index (χ1n) is 8.19. The number of aliphatic hydroxyl groups excluding tert-OH is 1. The van der Waals surface area contributed by atoms with E-state index < -0.39 is 0 Å². The minimum atomic E-state index is -0.296. The fraction of sp³-hybridized carbons (Fsp3) is 0.941. The lowest BCUT2D eigenvalue weighted by Gasteiger charge is -2.60. The number of nitrogens with one attached hydrogen (secondary N) is 1. The summed E-state index contributed by atoms with van der Waals surface area (Å²) in [6.07, 6.45) is 7.91. The average Bonchev–Trinajstić information content (AvgIpc) is 2.24. The molecule has 4 bridgehead atoms. The Balaban J connectivity index is 1.77. The van der Waals surface area contributed by atoms with Crippen molar-refractivity contribution >= 4 is 5.91 Å². The molecule has 2 unspecified atom stereocenters. The third-order valence-corrected chi connectivity index (χ3v) is 6.02. The van der Waals surface area contributed by atoms with Gasteiger partial charge in [-0.15, -0.1) is 0 Å². The van der Waals surface area contributed by atoms with Crippen LogP contribution in [-0.4, -0.2) is 23.2 Å². The maximum Gasteiger partial charge on any atom is 0.226 e. The van der Waals surface area contributed by atoms with Crippen molar-refractivity contribution in [1.82, 2.24) is 5.32 Å². The van der Waals surface area contributed by atoms with E-state index >= 15 is 0 Å². The van der Waals surface area contributed by atoms with Crippen molar-refractivity contribution in [1.29, 1.82) is 0 Å². The number of hydrogen-bond donors (Lipinski definition) is 2. The van der Waals surface area contributed by atoms with E-state index in [2.05, 4.69) is 12.2 Å². The minimum absolute atomic E-state index is 0.106. The molecule has 3 nitrogen and oxygen atoms in total. The highest BCUT2D eigenvalue weighted by Crippen LogP contribution is 2.65. The molecule has 0 spiro atoms. The van der Waals surface area contributed by atoms with Gasteiger partial charge in [-0.05, 0) is 76.0 Å². The Morgan fingerprint density at radius 3 is 2.35 bits per heavy atom. The van der Waals surface area contributed by atoms with Crippen LogP contribution in [0.2, 0.25) is 0 Å². The first-order chi connectivity index (χ1) is 9.26. The summed E-state index contributed by atoms with van der Waals surface area (Å²) < 4.78 is 0. The second-order valence-corrected chi connectivity index (χ2v) is 8.86. The van der Waals surface area contributed by atoms with Crippen LogP contribution in [0.15, 0.2) is 0 Å². The number of carbonyl (C=O) groups is 1. The van der Waals surface area contributed by atoms with Gasteiger partial charge in [0.15, 0.2) is 0 Å². The predicted octanol–water partition coefficient (Wildman–Crippen LogP) is 2.87. The maximum absolute atomic E-state index is 12.9. The zero-order valence-electron chi connectivity index (χ0n) is 13.2. The molecule has 4 rings (SSSR count). The number of aliphatic hydroxyl groups is 1. The first kappa shape index (κ1) is 14.4. The molecule has 4 aliphatic rings. The molecule has 20 heavy (non-hydrogen) atoms. The molecule has 0 radical (unpaired) electrons. The minimum Gasteiger partial charge on any atom is -0.396 e. The molecule has 1 amide bonds. The molecule has 114 valence electrons. The van der Waals surface area contributed by atoms with Crippen LogP contribution < -0.4 is 5.32 Å². The Hall–Kier alpha value is -0.570. The van der Waals surface area contributed by atoms with Crippen molar-refractivity contribution in [2.75, 3.05) is 6.61 Å². The molecule has 0 aromatic rings. The summed E-state index contributed by atoms with van der Waals surface area (Å²) in [5, 5.41) is 12.4. The van der Waals surface area contributed by atoms with Gasteiger partial charge < -0.3 is 10.4 Å². The summed E-state index contributed by atoms with van der Waals surface area (Å²) in [4.78, 5) is 12.9. The lowest BCUT2D eigenvalue weighted by molar-refractivity contribution is -0.157. The van der Waals surface area contributed by atoms with Crippen molar-refractivity contribution in [3.05, 3.63) is 0 Å². The number of hydrogen-bond acceptors (Lipinski definition) is 2. The van der Waals surface area contributed by atoms with Gasteiger partial charge in [-0.2, -0.15) is 0 Å². The van der Waals surface area contributed by atoms with Gasteiger partial charge >= 0.3 is 0 Å². The van der Waals surface area contributed by atoms with E-state index in [1.807, 2.05) is 13.8 Å². The predicted molar refractivity (Wildman–Crippen MR) is 79.1 cm³/mol. The van der Waals surface area contributed by atoms with E-state index in [1.54, 1.807) is 0 Å². The topological polar surface area (TPSA) is 49.3 Å². The SMILES string of the molecule is CC12CC3CC(C1)CC(C(=O)NC(C)(C)CCO)(C3)C2. The first-order valence-corrected chi connectivity index (χ1v) is 8.19. The number of rotatable bonds is 4. The second kappa shape index (κ2) is 4.46. The highest BCUT2D eigenvalue weighted by atomic mass is 16.3. The standard InChI is InChI=1S/C17H29NO2/c1-15(2,4-5-19)18-14(20)17-9-12-6-13(10-17)8-16(3,7-12)11-17/h12-13,19H,4-11H2,1-3H3,(H,18,20). The van der Waals surface area contributed by atoms with Crippen molar-refractivity contribution in [3.63, 3.8) is 0 Å². The van der Waals surface area contributed by atoms with Crippen LogP contribution in [-0.2, 0) is 4.79 Å². The summed E-state index contributed by atoms with van der Waals surface area (Å²) in [7, 11) is 0. The Morgan fingerprint density at radius 1 is 1.25 bits per heavy atom. The Morgan fingerprint density at radius 2 is 1.85 bits per heavy atom. The molecule has 4 fully saturated rings. The Labute approximate surface area is 122 Å². The Bertz CT molecular complexity index is 401. The van der Waals surface area contributed by atoms with Gasteiger partial charge in [0.25, 0.3) is 0 Å². The van der Waals surface area contributed by atoms with Gasteiger partial charge in [-0.3, -0.25) is 4.79 Å². The van der Waals surface area contributed by atoms with Crippen LogP contribution in [0.1, 0.15) is 65.7 Å². The van der Waals surface area contributed by atoms with Crippen LogP contribution in [0, 0.1) is 22.7 Å². The van der Waals surface area contributed by atoms with Crippen LogP contribution in [0.25, 0.3) is 0 Å². The summed E-state index contributed by atoms with van der Waals surface area (Å²) in [5.41, 5.74) is 0.00414. The molecule has 4 saturated carbocycles. The summed E-state index contributed by atoms with van der Waals surface area (Å²) >= 11 is 0. The molecule has 4 aliphatic carbocycles. The summed E-state index contributed by atoms with van der Waals surface area (Å²) in [6, 6.07) is 0. The van der Waals surface area contributed by atoms with E-state index in [0.29, 0.717) is 11.8 Å². The molecule has 2 N–H and O–H groups in total. The van der Waals surface area contributed by atoms with E-state index in [4.69, 9.17) is 5.11 Å². The summed E-state index contributed by atoms with van der Waals surface area (Å²) in [5.74, 6) is 1.80. The van der Waals surface area contributed by atoms with E-state index in [0.717, 1.165) is 31.1 Å². The third kappa shape index (κ3) is 2.38. The second-order valence-electron chi connectivity index (χ2n) is 8.86. The van der Waals surface area contributed by atoms with E-state index in [-0.39, 0.29) is 23.5 Å². The molecule has 0 saturated heterocycles. The largest absolute Gasteiger partial charge is 0.396 e. The third-order valence-electron chi connectivity index (χ3n) is 6.02. The highest BCUT2D eigenvalue weighted by molar-refractivity contribution is 5.84. The lowest BCUT2D eigenvalue weighted by atomic mass is 9.44. The van der Waals surface area contributed by atoms with Crippen molar-refractivity contribution in [3.8, 4) is 0 Å². The number of amides is 1. The van der Waals surface area contributed by atoms with Gasteiger partial charge in [0, 0.05) is 12.1 Å². The quantitative estimate of drug-likeness (QED) is 0.831. The smallest absolute Gasteiger partial charge is 0.226 e. The van der Waals surface area contributed by atoms with Crippen LogP contribution in [0.3, 0.4) is 0 Å². The fourth-order valence-electron chi connectivity index (χ4n) is 5.77. The van der Waals surface area contributed by atoms with Gasteiger partial charge in [0.05, 0.1) is 5.41 Å². The molecule has 0 aliphatic heterocycles. The van der Waals surface area contributed by atoms with E-state index in [1.165, 1.54) is 19.3 Å². The van der Waals surface area contributed by atoms with E-state index in [9.17, 15) is 4.79 Å². The van der Waals surface area contributed by atoms with Crippen molar-refractivity contribution < 1.29 is 9.90 Å². The van der Waals surface area contributed by atoms with Gasteiger partial charge in [0.2, 0.25) is 5.91 Å². The molecule has 2 atom stereocenters. The average molecular weight is 279 g/mol. The van der Waals surface area contributed by atoms with Gasteiger partial charge in [-0.25, -0.2) is 0 Å². The summed E-state index contributed by atoms with van der Waals surface area (Å²) in [6.45, 7) is 6.56. The normalized spacial score (nSPS) is 42.8. The molecular formula is C17H29NO2. The lowest BCUT2D eigenvalue weighted by Crippen LogP contribution is -2.59. The molecule has 3 heteroatoms. The fourth-order valence-corrected chi connectivity index (χ4v) is 5.77. The zero-order valence-corrected chi connectivity index (χ0v) is 13.2. The highest BCUT2D eigenvalue weighted by Gasteiger charge is 2.59. The molecule has 0 aromatic heterocycles.